The molecule has 0 spiro atoms. The van der Waals surface area contributed by atoms with Crippen molar-refractivity contribution >= 4 is 16.9 Å². The number of hydrogen-bond acceptors (Lipinski definition) is 7. The number of anilines is 1. The van der Waals surface area contributed by atoms with Crippen LogP contribution >= 0.6 is 0 Å². The Bertz CT molecular complexity index is 1290. The van der Waals surface area contributed by atoms with Crippen molar-refractivity contribution < 1.29 is 17.9 Å². The molecule has 7 nitrogen and oxygen atoms in total. The number of nitrogens with one attached hydrogen (secondary N) is 2. The van der Waals surface area contributed by atoms with Gasteiger partial charge >= 0.3 is 0 Å². The van der Waals surface area contributed by atoms with Gasteiger partial charge in [-0.25, -0.2) is 23.1 Å². The lowest BCUT2D eigenvalue weighted by Gasteiger charge is -2.36. The van der Waals surface area contributed by atoms with Gasteiger partial charge in [-0.2, -0.15) is 4.98 Å². The number of benzene rings is 1. The van der Waals surface area contributed by atoms with Crippen LogP contribution in [0.1, 0.15) is 74.5 Å². The first-order chi connectivity index (χ1) is 18.2. The fraction of sp³-hybridized carbons (Fsp3) is 0.536. The summed E-state index contributed by atoms with van der Waals surface area (Å²) in [5.41, 5.74) is 1.06. The Labute approximate surface area is 221 Å². The van der Waals surface area contributed by atoms with Crippen molar-refractivity contribution in [2.24, 2.45) is 0 Å². The predicted octanol–water partition coefficient (Wildman–Crippen LogP) is 5.52. The lowest BCUT2D eigenvalue weighted by Crippen LogP contribution is -2.50. The van der Waals surface area contributed by atoms with Gasteiger partial charge in [0.1, 0.15) is 23.6 Å². The van der Waals surface area contributed by atoms with Crippen LogP contribution in [0.5, 0.6) is 5.88 Å². The largest absolute Gasteiger partial charge is 0.471 e. The normalized spacial score (nSPS) is 18.2. The van der Waals surface area contributed by atoms with Crippen LogP contribution < -0.4 is 15.4 Å². The second-order valence-corrected chi connectivity index (χ2v) is 10.6. The number of halogens is 3. The first-order valence-electron chi connectivity index (χ1n) is 13.3. The Hall–Kier alpha value is -2.98. The van der Waals surface area contributed by atoms with Gasteiger partial charge in [-0.1, -0.05) is 18.2 Å². The topological polar surface area (TPSA) is 75.2 Å². The van der Waals surface area contributed by atoms with Crippen LogP contribution in [-0.2, 0) is 0 Å². The van der Waals surface area contributed by atoms with Crippen LogP contribution in [0.2, 0.25) is 0 Å². The molecule has 3 aromatic rings. The second-order valence-electron chi connectivity index (χ2n) is 10.6. The first kappa shape index (κ1) is 26.6. The molecule has 0 amide bonds. The molecule has 1 atom stereocenters. The smallest absolute Gasteiger partial charge is 0.266 e. The number of aromatic nitrogens is 3. The highest BCUT2D eigenvalue weighted by molar-refractivity contribution is 5.88. The highest BCUT2D eigenvalue weighted by Crippen LogP contribution is 2.38. The van der Waals surface area contributed by atoms with Crippen LogP contribution in [0.4, 0.5) is 19.0 Å². The van der Waals surface area contributed by atoms with E-state index in [1.807, 2.05) is 0 Å². The molecule has 0 saturated carbocycles. The van der Waals surface area contributed by atoms with E-state index in [0.717, 1.165) is 50.7 Å². The van der Waals surface area contributed by atoms with E-state index in [-0.39, 0.29) is 17.6 Å². The number of nitrogens with zero attached hydrogens (tertiary/aromatic N) is 4. The number of ether oxygens (including phenoxy) is 1. The predicted molar refractivity (Wildman–Crippen MR) is 141 cm³/mol. The van der Waals surface area contributed by atoms with Crippen molar-refractivity contribution in [1.29, 1.82) is 0 Å². The van der Waals surface area contributed by atoms with Gasteiger partial charge in [0.05, 0.1) is 17.0 Å². The summed E-state index contributed by atoms with van der Waals surface area (Å²) in [5, 5.41) is 7.18. The Morgan fingerprint density at radius 3 is 2.39 bits per heavy atom. The van der Waals surface area contributed by atoms with Crippen molar-refractivity contribution in [2.45, 2.75) is 71.1 Å². The molecule has 38 heavy (non-hydrogen) atoms. The maximum atomic E-state index is 14.9. The van der Waals surface area contributed by atoms with Crippen LogP contribution in [0.3, 0.4) is 0 Å². The fourth-order valence-electron chi connectivity index (χ4n) is 5.24. The molecule has 2 aromatic heterocycles. The average Bonchev–Trinajstić information content (AvgIpc) is 2.85. The van der Waals surface area contributed by atoms with E-state index in [9.17, 15) is 13.2 Å². The molecule has 2 fully saturated rings. The summed E-state index contributed by atoms with van der Waals surface area (Å²) >= 11 is 0. The van der Waals surface area contributed by atoms with Crippen molar-refractivity contribution in [3.05, 3.63) is 52.6 Å². The molecule has 0 bridgehead atoms. The van der Waals surface area contributed by atoms with Gasteiger partial charge in [0, 0.05) is 30.3 Å². The molecule has 0 unspecified atom stereocenters. The molecular formula is C28H35F3N6O. The minimum atomic E-state index is -2.89. The molecule has 2 N–H and O–H groups in total. The minimum absolute atomic E-state index is 0.0695. The molecule has 5 rings (SSSR count). The molecule has 204 valence electrons. The third-order valence-corrected chi connectivity index (χ3v) is 7.63. The van der Waals surface area contributed by atoms with E-state index in [1.165, 1.54) is 12.1 Å². The van der Waals surface area contributed by atoms with Gasteiger partial charge in [-0.05, 0) is 65.6 Å². The SMILES string of the molecule is Cc1nc(N[C@H](C)c2cccc(C(F)F)c2F)c2cc(C3CCN(C(C)C)CC3)c(OC3CNC3)nc2n1. The summed E-state index contributed by atoms with van der Waals surface area (Å²) in [6, 6.07) is 6.02. The van der Waals surface area contributed by atoms with E-state index in [4.69, 9.17) is 9.72 Å². The highest BCUT2D eigenvalue weighted by Gasteiger charge is 2.29. The first-order valence-corrected chi connectivity index (χ1v) is 13.3. The monoisotopic (exact) mass is 528 g/mol. The summed E-state index contributed by atoms with van der Waals surface area (Å²) in [6.45, 7) is 11.5. The number of pyridine rings is 1. The standard InChI is InChI=1S/C28H35F3N6O/c1-15(2)37-10-8-18(9-11-37)22-12-23-26(33-16(3)20-6-5-7-21(24(20)29)25(30)31)34-17(4)35-27(23)36-28(22)38-19-13-32-14-19/h5-7,12,15-16,18-19,25,32H,8-11,13-14H2,1-4H3,(H,33,34,35,36)/t16-/m1/s1. The Balaban J connectivity index is 1.52. The zero-order valence-corrected chi connectivity index (χ0v) is 22.3. The van der Waals surface area contributed by atoms with Crippen molar-refractivity contribution in [3.63, 3.8) is 0 Å². The summed E-state index contributed by atoms with van der Waals surface area (Å²) in [5.74, 6) is 0.970. The molecule has 10 heteroatoms. The van der Waals surface area contributed by atoms with Gasteiger partial charge < -0.3 is 20.3 Å². The summed E-state index contributed by atoms with van der Waals surface area (Å²) < 4.78 is 47.8. The molecule has 0 aliphatic carbocycles. The maximum Gasteiger partial charge on any atom is 0.266 e. The van der Waals surface area contributed by atoms with Gasteiger partial charge in [-0.15, -0.1) is 0 Å². The molecule has 0 radical (unpaired) electrons. The molecule has 4 heterocycles. The maximum absolute atomic E-state index is 14.9. The van der Waals surface area contributed by atoms with Crippen molar-refractivity contribution in [1.82, 2.24) is 25.2 Å². The minimum Gasteiger partial charge on any atom is -0.471 e. The number of fused-ring (bicyclic) bond motifs is 1. The quantitative estimate of drug-likeness (QED) is 0.399. The van der Waals surface area contributed by atoms with E-state index in [0.29, 0.717) is 34.6 Å². The number of aryl methyl sites for hydroxylation is 1. The van der Waals surface area contributed by atoms with Crippen molar-refractivity contribution in [2.75, 3.05) is 31.5 Å². The van der Waals surface area contributed by atoms with Crippen LogP contribution in [0.25, 0.3) is 11.0 Å². The number of hydrogen-bond donors (Lipinski definition) is 2. The molecule has 2 aliphatic rings. The van der Waals surface area contributed by atoms with E-state index < -0.39 is 23.8 Å². The summed E-state index contributed by atoms with van der Waals surface area (Å²) in [6.07, 6.45) is -0.841. The Kier molecular flexibility index (Phi) is 7.72. The average molecular weight is 529 g/mol. The van der Waals surface area contributed by atoms with Crippen LogP contribution in [-0.4, -0.2) is 58.2 Å². The molecule has 2 saturated heterocycles. The van der Waals surface area contributed by atoms with Crippen LogP contribution in [0.15, 0.2) is 24.3 Å². The fourth-order valence-corrected chi connectivity index (χ4v) is 5.24. The van der Waals surface area contributed by atoms with Gasteiger partial charge in [-0.3, -0.25) is 0 Å². The third kappa shape index (κ3) is 5.42. The molecular weight excluding hydrogens is 493 g/mol. The second kappa shape index (κ2) is 11.0. The summed E-state index contributed by atoms with van der Waals surface area (Å²) in [4.78, 5) is 16.5. The lowest BCUT2D eigenvalue weighted by atomic mass is 9.89. The number of rotatable bonds is 8. The zero-order chi connectivity index (χ0) is 27.0. The highest BCUT2D eigenvalue weighted by atomic mass is 19.3. The van der Waals surface area contributed by atoms with Gasteiger partial charge in [0.25, 0.3) is 6.43 Å². The van der Waals surface area contributed by atoms with Gasteiger partial charge in [0.15, 0.2) is 5.65 Å². The summed E-state index contributed by atoms with van der Waals surface area (Å²) in [7, 11) is 0. The number of likely N-dealkylation sites (tertiary alicyclic amines) is 1. The third-order valence-electron chi connectivity index (χ3n) is 7.63. The van der Waals surface area contributed by atoms with Crippen molar-refractivity contribution in [3.8, 4) is 5.88 Å². The Morgan fingerprint density at radius 1 is 1.05 bits per heavy atom. The Morgan fingerprint density at radius 2 is 1.76 bits per heavy atom. The zero-order valence-electron chi connectivity index (χ0n) is 22.3. The molecule has 2 aliphatic heterocycles. The van der Waals surface area contributed by atoms with E-state index >= 15 is 0 Å². The van der Waals surface area contributed by atoms with Crippen LogP contribution in [0, 0.1) is 12.7 Å². The number of alkyl halides is 2. The van der Waals surface area contributed by atoms with E-state index in [2.05, 4.69) is 45.4 Å². The van der Waals surface area contributed by atoms with Gasteiger partial charge in [0.2, 0.25) is 5.88 Å². The molecule has 1 aromatic carbocycles. The lowest BCUT2D eigenvalue weighted by molar-refractivity contribution is 0.131. The number of piperidine rings is 1. The van der Waals surface area contributed by atoms with E-state index in [1.54, 1.807) is 13.8 Å².